The van der Waals surface area contributed by atoms with Gasteiger partial charge in [0, 0.05) is 5.02 Å². The van der Waals surface area contributed by atoms with E-state index in [0.717, 1.165) is 30.8 Å². The third-order valence-electron chi connectivity index (χ3n) is 2.84. The average molecular weight is 269 g/mol. The number of ether oxygens (including phenoxy) is 2. The average Bonchev–Trinajstić information content (AvgIpc) is 2.43. The van der Waals surface area contributed by atoms with Crippen molar-refractivity contribution in [2.45, 2.75) is 18.9 Å². The standard InChI is InChI=1S/C13H17ClN2O2/c14-11-3-5-12(6-4-11)18-9-13(16-15)10-2-1-7-17-8-10/h3-6,8,13,16H,1-2,7,9,15H2. The van der Waals surface area contributed by atoms with Gasteiger partial charge in [0.1, 0.15) is 12.4 Å². The highest BCUT2D eigenvalue weighted by Gasteiger charge is 2.16. The van der Waals surface area contributed by atoms with Gasteiger partial charge in [0.25, 0.3) is 0 Å². The Hall–Kier alpha value is -1.23. The Bertz CT molecular complexity index is 406. The zero-order valence-corrected chi connectivity index (χ0v) is 10.8. The lowest BCUT2D eigenvalue weighted by Gasteiger charge is -2.22. The predicted octanol–water partition coefficient (Wildman–Crippen LogP) is 2.25. The van der Waals surface area contributed by atoms with Gasteiger partial charge >= 0.3 is 0 Å². The lowest BCUT2D eigenvalue weighted by atomic mass is 10.0. The lowest BCUT2D eigenvalue weighted by Crippen LogP contribution is -2.41. The summed E-state index contributed by atoms with van der Waals surface area (Å²) in [7, 11) is 0. The van der Waals surface area contributed by atoms with Crippen LogP contribution in [0.15, 0.2) is 36.1 Å². The van der Waals surface area contributed by atoms with Crippen LogP contribution in [0.2, 0.25) is 5.02 Å². The summed E-state index contributed by atoms with van der Waals surface area (Å²) in [6.45, 7) is 1.24. The minimum absolute atomic E-state index is 0.0269. The second kappa shape index (κ2) is 6.64. The maximum absolute atomic E-state index is 5.81. The summed E-state index contributed by atoms with van der Waals surface area (Å²) in [6, 6.07) is 7.24. The van der Waals surface area contributed by atoms with Gasteiger partial charge in [0.2, 0.25) is 0 Å². The van der Waals surface area contributed by atoms with Crippen LogP contribution in [-0.4, -0.2) is 19.3 Å². The van der Waals surface area contributed by atoms with Gasteiger partial charge < -0.3 is 9.47 Å². The molecule has 2 rings (SSSR count). The summed E-state index contributed by atoms with van der Waals surface area (Å²) in [5.41, 5.74) is 3.89. The largest absolute Gasteiger partial charge is 0.501 e. The number of nitrogens with two attached hydrogens (primary N) is 1. The number of hydrogen-bond acceptors (Lipinski definition) is 4. The number of halogens is 1. The van der Waals surface area contributed by atoms with Crippen molar-refractivity contribution in [3.63, 3.8) is 0 Å². The molecule has 0 fully saturated rings. The molecule has 0 spiro atoms. The number of nitrogens with one attached hydrogen (secondary N) is 1. The number of benzene rings is 1. The normalized spacial score (nSPS) is 16.7. The molecule has 0 bridgehead atoms. The molecule has 98 valence electrons. The first kappa shape index (κ1) is 13.2. The third kappa shape index (κ3) is 3.63. The lowest BCUT2D eigenvalue weighted by molar-refractivity contribution is 0.209. The maximum Gasteiger partial charge on any atom is 0.119 e. The molecule has 0 saturated carbocycles. The Labute approximate surface area is 112 Å². The molecule has 1 aliphatic rings. The predicted molar refractivity (Wildman–Crippen MR) is 71.3 cm³/mol. The molecule has 3 N–H and O–H groups in total. The van der Waals surface area contributed by atoms with E-state index in [2.05, 4.69) is 5.43 Å². The molecule has 1 aromatic rings. The molecular weight excluding hydrogens is 252 g/mol. The van der Waals surface area contributed by atoms with Crippen molar-refractivity contribution in [2.24, 2.45) is 5.84 Å². The first-order chi connectivity index (χ1) is 8.79. The van der Waals surface area contributed by atoms with Crippen LogP contribution < -0.4 is 16.0 Å². The van der Waals surface area contributed by atoms with E-state index in [4.69, 9.17) is 26.9 Å². The van der Waals surface area contributed by atoms with Crippen molar-refractivity contribution in [1.29, 1.82) is 0 Å². The smallest absolute Gasteiger partial charge is 0.119 e. The summed E-state index contributed by atoms with van der Waals surface area (Å²) in [4.78, 5) is 0. The molecule has 1 aliphatic heterocycles. The second-order valence-electron chi connectivity index (χ2n) is 4.15. The fourth-order valence-electron chi connectivity index (χ4n) is 1.81. The maximum atomic E-state index is 5.81. The van der Waals surface area contributed by atoms with Crippen LogP contribution in [0.5, 0.6) is 5.75 Å². The summed E-state index contributed by atoms with van der Waals surface area (Å²) in [5, 5.41) is 0.694. The van der Waals surface area contributed by atoms with Crippen LogP contribution in [0.1, 0.15) is 12.8 Å². The topological polar surface area (TPSA) is 56.5 Å². The van der Waals surface area contributed by atoms with Crippen molar-refractivity contribution in [1.82, 2.24) is 5.43 Å². The fourth-order valence-corrected chi connectivity index (χ4v) is 1.94. The van der Waals surface area contributed by atoms with E-state index in [9.17, 15) is 0 Å². The molecule has 4 nitrogen and oxygen atoms in total. The van der Waals surface area contributed by atoms with Gasteiger partial charge in [-0.3, -0.25) is 5.84 Å². The minimum atomic E-state index is -0.0269. The van der Waals surface area contributed by atoms with Gasteiger partial charge in [0.05, 0.1) is 18.9 Å². The number of rotatable bonds is 5. The van der Waals surface area contributed by atoms with Crippen molar-refractivity contribution < 1.29 is 9.47 Å². The fraction of sp³-hybridized carbons (Fsp3) is 0.385. The van der Waals surface area contributed by atoms with Crippen LogP contribution in [0, 0.1) is 0 Å². The van der Waals surface area contributed by atoms with Crippen molar-refractivity contribution in [2.75, 3.05) is 13.2 Å². The Morgan fingerprint density at radius 3 is 2.78 bits per heavy atom. The molecule has 0 radical (unpaired) electrons. The van der Waals surface area contributed by atoms with Crippen LogP contribution in [0.25, 0.3) is 0 Å². The quantitative estimate of drug-likeness (QED) is 0.635. The first-order valence-electron chi connectivity index (χ1n) is 5.94. The zero-order chi connectivity index (χ0) is 12.8. The molecule has 0 saturated heterocycles. The molecule has 0 aromatic heterocycles. The Balaban J connectivity index is 1.90. The highest BCUT2D eigenvalue weighted by atomic mass is 35.5. The Kier molecular flexibility index (Phi) is 4.87. The van der Waals surface area contributed by atoms with E-state index in [-0.39, 0.29) is 6.04 Å². The SMILES string of the molecule is NNC(COc1ccc(Cl)cc1)C1=COCCC1. The van der Waals surface area contributed by atoms with Crippen LogP contribution >= 0.6 is 11.6 Å². The Morgan fingerprint density at radius 1 is 1.39 bits per heavy atom. The van der Waals surface area contributed by atoms with E-state index in [0.29, 0.717) is 11.6 Å². The summed E-state index contributed by atoms with van der Waals surface area (Å²) in [6.07, 6.45) is 3.78. The highest BCUT2D eigenvalue weighted by molar-refractivity contribution is 6.30. The molecule has 0 aliphatic carbocycles. The summed E-state index contributed by atoms with van der Waals surface area (Å²) >= 11 is 5.81. The third-order valence-corrected chi connectivity index (χ3v) is 3.09. The Morgan fingerprint density at radius 2 is 2.17 bits per heavy atom. The van der Waals surface area contributed by atoms with E-state index in [1.807, 2.05) is 12.1 Å². The van der Waals surface area contributed by atoms with Crippen LogP contribution in [0.3, 0.4) is 0 Å². The zero-order valence-electron chi connectivity index (χ0n) is 10.1. The summed E-state index contributed by atoms with van der Waals surface area (Å²) < 4.78 is 11.0. The van der Waals surface area contributed by atoms with Crippen molar-refractivity contribution in [3.8, 4) is 5.75 Å². The van der Waals surface area contributed by atoms with Gasteiger partial charge in [-0.1, -0.05) is 11.6 Å². The van der Waals surface area contributed by atoms with Gasteiger partial charge in [-0.05, 0) is 42.7 Å². The van der Waals surface area contributed by atoms with Crippen molar-refractivity contribution >= 4 is 11.6 Å². The van der Waals surface area contributed by atoms with Gasteiger partial charge in [-0.15, -0.1) is 0 Å². The molecule has 18 heavy (non-hydrogen) atoms. The molecular formula is C13H17ClN2O2. The van der Waals surface area contributed by atoms with Crippen LogP contribution in [0.4, 0.5) is 0 Å². The molecule has 1 aromatic carbocycles. The highest BCUT2D eigenvalue weighted by Crippen LogP contribution is 2.18. The minimum Gasteiger partial charge on any atom is -0.501 e. The van der Waals surface area contributed by atoms with E-state index < -0.39 is 0 Å². The van der Waals surface area contributed by atoms with Crippen molar-refractivity contribution in [3.05, 3.63) is 41.1 Å². The second-order valence-corrected chi connectivity index (χ2v) is 4.59. The molecule has 5 heteroatoms. The molecule has 1 heterocycles. The summed E-state index contributed by atoms with van der Waals surface area (Å²) in [5.74, 6) is 6.32. The number of hydrazine groups is 1. The molecule has 1 atom stereocenters. The van der Waals surface area contributed by atoms with Gasteiger partial charge in [-0.2, -0.15) is 0 Å². The van der Waals surface area contributed by atoms with Crippen LogP contribution in [-0.2, 0) is 4.74 Å². The number of hydrogen-bond donors (Lipinski definition) is 2. The van der Waals surface area contributed by atoms with Gasteiger partial charge in [-0.25, -0.2) is 5.43 Å². The monoisotopic (exact) mass is 268 g/mol. The molecule has 0 amide bonds. The van der Waals surface area contributed by atoms with E-state index in [1.54, 1.807) is 18.4 Å². The van der Waals surface area contributed by atoms with E-state index in [1.165, 1.54) is 0 Å². The van der Waals surface area contributed by atoms with E-state index >= 15 is 0 Å². The van der Waals surface area contributed by atoms with Gasteiger partial charge in [0.15, 0.2) is 0 Å². The molecule has 1 unspecified atom stereocenters. The first-order valence-corrected chi connectivity index (χ1v) is 6.32.